The second kappa shape index (κ2) is 10.6. The van der Waals surface area contributed by atoms with Crippen molar-refractivity contribution in [3.8, 4) is 11.8 Å². The Hall–Kier alpha value is -2.88. The van der Waals surface area contributed by atoms with E-state index in [1.807, 2.05) is 75.4 Å². The second-order valence-electron chi connectivity index (χ2n) is 7.53. The van der Waals surface area contributed by atoms with E-state index in [1.165, 1.54) is 5.56 Å². The van der Waals surface area contributed by atoms with Gasteiger partial charge in [-0.05, 0) is 93.6 Å². The van der Waals surface area contributed by atoms with Crippen molar-refractivity contribution < 1.29 is 9.53 Å². The monoisotopic (exact) mass is 552 g/mol. The molecule has 0 atom stereocenters. The standard InChI is InChI=1S/C26H22Br2N2O2/c1-16-5-4-6-19(10-16)15-32-25-22(27)12-20(13-23(25)28)11-21(14-29)26(31)30-24-8-7-17(2)9-18(24)3/h4-13H,15H2,1-3H3,(H,30,31)/b21-11+. The molecule has 162 valence electrons. The van der Waals surface area contributed by atoms with E-state index in [0.29, 0.717) is 23.6 Å². The van der Waals surface area contributed by atoms with Crippen molar-refractivity contribution in [1.29, 1.82) is 5.26 Å². The lowest BCUT2D eigenvalue weighted by molar-refractivity contribution is -0.112. The van der Waals surface area contributed by atoms with Crippen molar-refractivity contribution in [3.05, 3.63) is 96.9 Å². The van der Waals surface area contributed by atoms with Crippen LogP contribution in [0, 0.1) is 32.1 Å². The Labute approximate surface area is 205 Å². The molecule has 0 bridgehead atoms. The molecule has 3 aromatic carbocycles. The van der Waals surface area contributed by atoms with Crippen LogP contribution in [-0.4, -0.2) is 5.91 Å². The maximum atomic E-state index is 12.7. The van der Waals surface area contributed by atoms with Crippen LogP contribution in [0.4, 0.5) is 5.69 Å². The number of carbonyl (C=O) groups is 1. The van der Waals surface area contributed by atoms with Gasteiger partial charge in [-0.2, -0.15) is 5.26 Å². The molecule has 3 rings (SSSR count). The molecule has 32 heavy (non-hydrogen) atoms. The Kier molecular flexibility index (Phi) is 7.89. The Morgan fingerprint density at radius 3 is 2.34 bits per heavy atom. The fourth-order valence-electron chi connectivity index (χ4n) is 3.22. The summed E-state index contributed by atoms with van der Waals surface area (Å²) in [5, 5.41) is 12.4. The third-order valence-electron chi connectivity index (χ3n) is 4.79. The van der Waals surface area contributed by atoms with Crippen LogP contribution in [0.1, 0.15) is 27.8 Å². The summed E-state index contributed by atoms with van der Waals surface area (Å²) in [5.74, 6) is 0.202. The lowest BCUT2D eigenvalue weighted by Gasteiger charge is -2.12. The summed E-state index contributed by atoms with van der Waals surface area (Å²) in [7, 11) is 0. The minimum atomic E-state index is -0.452. The van der Waals surface area contributed by atoms with E-state index in [9.17, 15) is 10.1 Å². The molecule has 0 aliphatic heterocycles. The Morgan fingerprint density at radius 1 is 1.03 bits per heavy atom. The first-order chi connectivity index (χ1) is 15.3. The number of rotatable bonds is 6. The van der Waals surface area contributed by atoms with Crippen LogP contribution in [0.3, 0.4) is 0 Å². The molecule has 0 aliphatic carbocycles. The van der Waals surface area contributed by atoms with Gasteiger partial charge in [0.25, 0.3) is 5.91 Å². The molecule has 1 amide bonds. The summed E-state index contributed by atoms with van der Waals surface area (Å²) < 4.78 is 7.43. The van der Waals surface area contributed by atoms with Crippen LogP contribution in [0.5, 0.6) is 5.75 Å². The highest BCUT2D eigenvalue weighted by molar-refractivity contribution is 9.11. The summed E-state index contributed by atoms with van der Waals surface area (Å²) in [6, 6.07) is 19.5. The van der Waals surface area contributed by atoms with Gasteiger partial charge in [-0.1, -0.05) is 47.5 Å². The highest BCUT2D eigenvalue weighted by Crippen LogP contribution is 2.36. The molecule has 0 unspecified atom stereocenters. The molecular weight excluding hydrogens is 532 g/mol. The van der Waals surface area contributed by atoms with Gasteiger partial charge >= 0.3 is 0 Å². The first-order valence-electron chi connectivity index (χ1n) is 9.94. The Morgan fingerprint density at radius 2 is 1.72 bits per heavy atom. The van der Waals surface area contributed by atoms with Gasteiger partial charge in [0.1, 0.15) is 24.0 Å². The lowest BCUT2D eigenvalue weighted by atomic mass is 10.1. The molecule has 0 fully saturated rings. The van der Waals surface area contributed by atoms with Crippen molar-refractivity contribution in [2.24, 2.45) is 0 Å². The number of halogens is 2. The van der Waals surface area contributed by atoms with Crippen LogP contribution >= 0.6 is 31.9 Å². The SMILES string of the molecule is Cc1cccc(COc2c(Br)cc(/C=C(\C#N)C(=O)Nc3ccc(C)cc3C)cc2Br)c1. The quantitative estimate of drug-likeness (QED) is 0.258. The average molecular weight is 554 g/mol. The third-order valence-corrected chi connectivity index (χ3v) is 5.97. The lowest BCUT2D eigenvalue weighted by Crippen LogP contribution is -2.14. The van der Waals surface area contributed by atoms with E-state index >= 15 is 0 Å². The zero-order valence-corrected chi connectivity index (χ0v) is 21.2. The van der Waals surface area contributed by atoms with E-state index in [-0.39, 0.29) is 5.57 Å². The van der Waals surface area contributed by atoms with Crippen molar-refractivity contribution in [1.82, 2.24) is 0 Å². The number of nitrogens with one attached hydrogen (secondary N) is 1. The van der Waals surface area contributed by atoms with Crippen molar-refractivity contribution in [3.63, 3.8) is 0 Å². The number of hydrogen-bond donors (Lipinski definition) is 1. The number of carbonyl (C=O) groups excluding carboxylic acids is 1. The number of aryl methyl sites for hydroxylation is 3. The highest BCUT2D eigenvalue weighted by atomic mass is 79.9. The van der Waals surface area contributed by atoms with Gasteiger partial charge in [0, 0.05) is 5.69 Å². The number of amides is 1. The third kappa shape index (κ3) is 6.09. The van der Waals surface area contributed by atoms with E-state index in [0.717, 1.165) is 25.6 Å². The Bertz CT molecular complexity index is 1220. The molecule has 0 heterocycles. The fourth-order valence-corrected chi connectivity index (χ4v) is 4.67. The largest absolute Gasteiger partial charge is 0.487 e. The van der Waals surface area contributed by atoms with Crippen LogP contribution in [0.15, 0.2) is 69.1 Å². The molecule has 0 radical (unpaired) electrons. The van der Waals surface area contributed by atoms with Gasteiger partial charge in [0.15, 0.2) is 0 Å². The number of ether oxygens (including phenoxy) is 1. The fraction of sp³-hybridized carbons (Fsp3) is 0.154. The molecule has 0 saturated carbocycles. The topological polar surface area (TPSA) is 62.1 Å². The highest BCUT2D eigenvalue weighted by Gasteiger charge is 2.13. The van der Waals surface area contributed by atoms with E-state index in [4.69, 9.17) is 4.74 Å². The number of nitriles is 1. The van der Waals surface area contributed by atoms with Gasteiger partial charge in [-0.15, -0.1) is 0 Å². The number of nitrogens with zero attached hydrogens (tertiary/aromatic N) is 1. The normalized spacial score (nSPS) is 11.1. The summed E-state index contributed by atoms with van der Waals surface area (Å²) in [6.07, 6.45) is 1.55. The van der Waals surface area contributed by atoms with Crippen LogP contribution in [0.25, 0.3) is 6.08 Å². The molecular formula is C26H22Br2N2O2. The smallest absolute Gasteiger partial charge is 0.266 e. The summed E-state index contributed by atoms with van der Waals surface area (Å²) >= 11 is 7.07. The average Bonchev–Trinajstić information content (AvgIpc) is 2.73. The van der Waals surface area contributed by atoms with E-state index in [2.05, 4.69) is 43.2 Å². The van der Waals surface area contributed by atoms with Gasteiger partial charge in [0.2, 0.25) is 0 Å². The molecule has 0 aromatic heterocycles. The summed E-state index contributed by atoms with van der Waals surface area (Å²) in [5.41, 5.74) is 5.68. The first-order valence-corrected chi connectivity index (χ1v) is 11.5. The first kappa shape index (κ1) is 23.8. The minimum absolute atomic E-state index is 0.0113. The van der Waals surface area contributed by atoms with Crippen molar-refractivity contribution in [2.75, 3.05) is 5.32 Å². The van der Waals surface area contributed by atoms with E-state index < -0.39 is 5.91 Å². The predicted molar refractivity (Wildman–Crippen MR) is 135 cm³/mol. The number of anilines is 1. The Balaban J connectivity index is 1.78. The maximum absolute atomic E-state index is 12.7. The van der Waals surface area contributed by atoms with Gasteiger partial charge < -0.3 is 10.1 Å². The van der Waals surface area contributed by atoms with Gasteiger partial charge in [0.05, 0.1) is 8.95 Å². The van der Waals surface area contributed by atoms with Crippen molar-refractivity contribution >= 4 is 49.5 Å². The number of benzene rings is 3. The molecule has 1 N–H and O–H groups in total. The second-order valence-corrected chi connectivity index (χ2v) is 9.24. The zero-order chi connectivity index (χ0) is 23.3. The number of hydrogen-bond acceptors (Lipinski definition) is 3. The summed E-state index contributed by atoms with van der Waals surface area (Å²) in [6.45, 7) is 6.38. The minimum Gasteiger partial charge on any atom is -0.487 e. The molecule has 6 heteroatoms. The van der Waals surface area contributed by atoms with Crippen molar-refractivity contribution in [2.45, 2.75) is 27.4 Å². The molecule has 0 aliphatic rings. The zero-order valence-electron chi connectivity index (χ0n) is 18.0. The van der Waals surface area contributed by atoms with Gasteiger partial charge in [-0.25, -0.2) is 0 Å². The van der Waals surface area contributed by atoms with Crippen LogP contribution in [-0.2, 0) is 11.4 Å². The maximum Gasteiger partial charge on any atom is 0.266 e. The molecule has 3 aromatic rings. The van der Waals surface area contributed by atoms with E-state index in [1.54, 1.807) is 6.08 Å². The molecule has 0 saturated heterocycles. The predicted octanol–water partition coefficient (Wildman–Crippen LogP) is 7.26. The van der Waals surface area contributed by atoms with Crippen LogP contribution in [0.2, 0.25) is 0 Å². The summed E-state index contributed by atoms with van der Waals surface area (Å²) in [4.78, 5) is 12.7. The molecule has 4 nitrogen and oxygen atoms in total. The van der Waals surface area contributed by atoms with Crippen LogP contribution < -0.4 is 10.1 Å². The van der Waals surface area contributed by atoms with Gasteiger partial charge in [-0.3, -0.25) is 4.79 Å². The molecule has 0 spiro atoms.